The third-order valence-corrected chi connectivity index (χ3v) is 3.95. The van der Waals surface area contributed by atoms with E-state index in [1.54, 1.807) is 13.1 Å². The summed E-state index contributed by atoms with van der Waals surface area (Å²) >= 11 is 0. The monoisotopic (exact) mass is 285 g/mol. The molecule has 1 amide bonds. The molecule has 0 saturated carbocycles. The molecule has 2 aromatic heterocycles. The first-order valence-electron chi connectivity index (χ1n) is 7.14. The minimum absolute atomic E-state index is 0.122. The SMILES string of the molecule is CC(=O)N1CCC(c2nc(C)cc(-c3ccnn3C)n2)C1. The van der Waals surface area contributed by atoms with Gasteiger partial charge in [0.25, 0.3) is 0 Å². The highest BCUT2D eigenvalue weighted by Crippen LogP contribution is 2.27. The fourth-order valence-electron chi connectivity index (χ4n) is 2.79. The molecule has 6 nitrogen and oxygen atoms in total. The number of nitrogens with zero attached hydrogens (tertiary/aromatic N) is 5. The van der Waals surface area contributed by atoms with Crippen LogP contribution < -0.4 is 0 Å². The first-order chi connectivity index (χ1) is 10.0. The highest BCUT2D eigenvalue weighted by Gasteiger charge is 2.28. The van der Waals surface area contributed by atoms with Crippen LogP contribution >= 0.6 is 0 Å². The van der Waals surface area contributed by atoms with Crippen molar-refractivity contribution in [2.45, 2.75) is 26.2 Å². The Morgan fingerprint density at radius 2 is 2.19 bits per heavy atom. The number of hydrogen-bond acceptors (Lipinski definition) is 4. The standard InChI is InChI=1S/C15H19N5O/c1-10-8-13(14-4-6-16-19(14)3)18-15(17-10)12-5-7-20(9-12)11(2)21/h4,6,8,12H,5,7,9H2,1-3H3. The fraction of sp³-hybridized carbons (Fsp3) is 0.467. The minimum atomic E-state index is 0.122. The number of aromatic nitrogens is 4. The molecular formula is C15H19N5O. The molecule has 1 saturated heterocycles. The summed E-state index contributed by atoms with van der Waals surface area (Å²) in [4.78, 5) is 22.6. The summed E-state index contributed by atoms with van der Waals surface area (Å²) in [5.41, 5.74) is 2.81. The Hall–Kier alpha value is -2.24. The van der Waals surface area contributed by atoms with Gasteiger partial charge in [-0.25, -0.2) is 9.97 Å². The largest absolute Gasteiger partial charge is 0.342 e. The highest BCUT2D eigenvalue weighted by atomic mass is 16.2. The maximum Gasteiger partial charge on any atom is 0.219 e. The first-order valence-corrected chi connectivity index (χ1v) is 7.14. The summed E-state index contributed by atoms with van der Waals surface area (Å²) < 4.78 is 1.81. The summed E-state index contributed by atoms with van der Waals surface area (Å²) in [6.07, 6.45) is 2.69. The topological polar surface area (TPSA) is 63.9 Å². The molecule has 1 atom stereocenters. The van der Waals surface area contributed by atoms with Gasteiger partial charge < -0.3 is 4.90 Å². The van der Waals surface area contributed by atoms with Gasteiger partial charge in [0.2, 0.25) is 5.91 Å². The zero-order valence-corrected chi connectivity index (χ0v) is 12.6. The number of carbonyl (C=O) groups is 1. The molecule has 1 unspecified atom stereocenters. The fourth-order valence-corrected chi connectivity index (χ4v) is 2.79. The number of hydrogen-bond donors (Lipinski definition) is 0. The Balaban J connectivity index is 1.92. The number of rotatable bonds is 2. The van der Waals surface area contributed by atoms with E-state index in [-0.39, 0.29) is 11.8 Å². The highest BCUT2D eigenvalue weighted by molar-refractivity contribution is 5.73. The quantitative estimate of drug-likeness (QED) is 0.839. The second-order valence-electron chi connectivity index (χ2n) is 5.54. The lowest BCUT2D eigenvalue weighted by atomic mass is 10.1. The summed E-state index contributed by atoms with van der Waals surface area (Å²) in [5.74, 6) is 1.17. The Morgan fingerprint density at radius 1 is 1.38 bits per heavy atom. The maximum absolute atomic E-state index is 11.5. The molecule has 0 aliphatic carbocycles. The molecule has 21 heavy (non-hydrogen) atoms. The molecule has 1 aliphatic rings. The third-order valence-electron chi connectivity index (χ3n) is 3.95. The van der Waals surface area contributed by atoms with Crippen molar-refractivity contribution in [3.05, 3.63) is 29.8 Å². The van der Waals surface area contributed by atoms with Gasteiger partial charge in [0, 0.05) is 44.9 Å². The first kappa shape index (κ1) is 13.7. The van der Waals surface area contributed by atoms with Gasteiger partial charge in [0.1, 0.15) is 5.82 Å². The maximum atomic E-state index is 11.5. The Morgan fingerprint density at radius 3 is 2.81 bits per heavy atom. The average molecular weight is 285 g/mol. The molecule has 6 heteroatoms. The lowest BCUT2D eigenvalue weighted by molar-refractivity contribution is -0.127. The molecule has 110 valence electrons. The van der Waals surface area contributed by atoms with Crippen molar-refractivity contribution in [3.8, 4) is 11.4 Å². The molecule has 0 bridgehead atoms. The smallest absolute Gasteiger partial charge is 0.219 e. The van der Waals surface area contributed by atoms with Crippen LogP contribution in [0.2, 0.25) is 0 Å². The second-order valence-corrected chi connectivity index (χ2v) is 5.54. The van der Waals surface area contributed by atoms with E-state index in [2.05, 4.69) is 10.1 Å². The zero-order valence-electron chi connectivity index (χ0n) is 12.6. The van der Waals surface area contributed by atoms with Crippen LogP contribution in [0.5, 0.6) is 0 Å². The van der Waals surface area contributed by atoms with Crippen molar-refractivity contribution >= 4 is 5.91 Å². The molecule has 0 spiro atoms. The van der Waals surface area contributed by atoms with Gasteiger partial charge >= 0.3 is 0 Å². The van der Waals surface area contributed by atoms with Crippen LogP contribution in [-0.4, -0.2) is 43.6 Å². The Bertz CT molecular complexity index is 678. The van der Waals surface area contributed by atoms with Crippen LogP contribution in [0, 0.1) is 6.92 Å². The number of likely N-dealkylation sites (tertiary alicyclic amines) is 1. The van der Waals surface area contributed by atoms with E-state index in [9.17, 15) is 4.79 Å². The molecule has 0 N–H and O–H groups in total. The Labute approximate surface area is 123 Å². The third kappa shape index (κ3) is 2.66. The predicted octanol–water partition coefficient (Wildman–Crippen LogP) is 1.52. The minimum Gasteiger partial charge on any atom is -0.342 e. The van der Waals surface area contributed by atoms with Crippen LogP contribution in [0.1, 0.15) is 30.8 Å². The van der Waals surface area contributed by atoms with Crippen molar-refractivity contribution in [2.75, 3.05) is 13.1 Å². The van der Waals surface area contributed by atoms with E-state index in [0.717, 1.165) is 35.9 Å². The van der Waals surface area contributed by atoms with Crippen LogP contribution in [0.15, 0.2) is 18.3 Å². The van der Waals surface area contributed by atoms with E-state index < -0.39 is 0 Å². The van der Waals surface area contributed by atoms with Crippen molar-refractivity contribution in [1.29, 1.82) is 0 Å². The molecule has 3 heterocycles. The molecule has 3 rings (SSSR count). The van der Waals surface area contributed by atoms with E-state index in [1.165, 1.54) is 0 Å². The molecule has 1 fully saturated rings. The summed E-state index contributed by atoms with van der Waals surface area (Å²) in [5, 5.41) is 4.19. The number of amides is 1. The number of carbonyl (C=O) groups excluding carboxylic acids is 1. The van der Waals surface area contributed by atoms with Crippen LogP contribution in [0.4, 0.5) is 0 Å². The van der Waals surface area contributed by atoms with Crippen molar-refractivity contribution in [2.24, 2.45) is 7.05 Å². The van der Waals surface area contributed by atoms with Gasteiger partial charge in [-0.05, 0) is 25.5 Å². The molecule has 0 radical (unpaired) electrons. The van der Waals surface area contributed by atoms with Gasteiger partial charge in [-0.1, -0.05) is 0 Å². The molecule has 0 aromatic carbocycles. The van der Waals surface area contributed by atoms with Crippen LogP contribution in [0.3, 0.4) is 0 Å². The molecular weight excluding hydrogens is 266 g/mol. The summed E-state index contributed by atoms with van der Waals surface area (Å²) in [6, 6.07) is 3.92. The van der Waals surface area contributed by atoms with Gasteiger partial charge in [0.05, 0.1) is 11.4 Å². The van der Waals surface area contributed by atoms with Crippen molar-refractivity contribution < 1.29 is 4.79 Å². The predicted molar refractivity (Wildman–Crippen MR) is 78.6 cm³/mol. The second kappa shape index (κ2) is 5.27. The van der Waals surface area contributed by atoms with Crippen molar-refractivity contribution in [1.82, 2.24) is 24.6 Å². The van der Waals surface area contributed by atoms with E-state index >= 15 is 0 Å². The van der Waals surface area contributed by atoms with Gasteiger partial charge in [-0.3, -0.25) is 9.48 Å². The van der Waals surface area contributed by atoms with Crippen LogP contribution in [0.25, 0.3) is 11.4 Å². The lowest BCUT2D eigenvalue weighted by Gasteiger charge is -2.14. The lowest BCUT2D eigenvalue weighted by Crippen LogP contribution is -2.25. The Kier molecular flexibility index (Phi) is 3.45. The van der Waals surface area contributed by atoms with Gasteiger partial charge in [-0.2, -0.15) is 5.10 Å². The summed E-state index contributed by atoms with van der Waals surface area (Å²) in [6.45, 7) is 5.09. The van der Waals surface area contributed by atoms with E-state index in [1.807, 2.05) is 35.7 Å². The zero-order chi connectivity index (χ0) is 15.0. The number of aryl methyl sites for hydroxylation is 2. The van der Waals surface area contributed by atoms with Gasteiger partial charge in [0.15, 0.2) is 0 Å². The normalized spacial score (nSPS) is 18.2. The van der Waals surface area contributed by atoms with E-state index in [0.29, 0.717) is 6.54 Å². The van der Waals surface area contributed by atoms with Crippen molar-refractivity contribution in [3.63, 3.8) is 0 Å². The van der Waals surface area contributed by atoms with Gasteiger partial charge in [-0.15, -0.1) is 0 Å². The average Bonchev–Trinajstić information content (AvgIpc) is 3.06. The summed E-state index contributed by atoms with van der Waals surface area (Å²) in [7, 11) is 1.90. The van der Waals surface area contributed by atoms with Crippen LogP contribution in [-0.2, 0) is 11.8 Å². The molecule has 1 aliphatic heterocycles. The molecule has 2 aromatic rings. The van der Waals surface area contributed by atoms with E-state index in [4.69, 9.17) is 4.98 Å².